The fraction of sp³-hybridized carbons (Fsp3) is 0.667. The minimum atomic E-state index is 0.167. The van der Waals surface area contributed by atoms with Gasteiger partial charge in [-0.25, -0.2) is 0 Å². The Morgan fingerprint density at radius 3 is 2.33 bits per heavy atom. The van der Waals surface area contributed by atoms with E-state index in [4.69, 9.17) is 0 Å². The number of nitrogens with one attached hydrogen (secondary N) is 1. The Labute approximate surface area is 55.2 Å². The van der Waals surface area contributed by atoms with Crippen LogP contribution in [0.3, 0.4) is 0 Å². The number of nitrogens with zero attached hydrogens (tertiary/aromatic N) is 1. The molecule has 1 rings (SSSR count). The minimum absolute atomic E-state index is 0.167. The van der Waals surface area contributed by atoms with Gasteiger partial charge < -0.3 is 10.1 Å². The first-order valence-electron chi connectivity index (χ1n) is 2.92. The van der Waals surface area contributed by atoms with Gasteiger partial charge in [0.1, 0.15) is 5.78 Å². The van der Waals surface area contributed by atoms with E-state index in [9.17, 15) is 4.79 Å². The van der Waals surface area contributed by atoms with Crippen LogP contribution in [-0.2, 0) is 4.79 Å². The van der Waals surface area contributed by atoms with Crippen LogP contribution in [0.5, 0.6) is 0 Å². The summed E-state index contributed by atoms with van der Waals surface area (Å²) in [7, 11) is 0. The lowest BCUT2D eigenvalue weighted by molar-refractivity contribution is -0.114. The Morgan fingerprint density at radius 1 is 1.67 bits per heavy atom. The zero-order valence-electron chi connectivity index (χ0n) is 5.85. The molecule has 0 aromatic carbocycles. The fourth-order valence-corrected chi connectivity index (χ4v) is 0.323. The first-order valence-corrected chi connectivity index (χ1v) is 2.92. The van der Waals surface area contributed by atoms with Crippen LogP contribution in [0.4, 0.5) is 0 Å². The van der Waals surface area contributed by atoms with Crippen LogP contribution in [0.25, 0.3) is 0 Å². The molecular formula is C6H12N2O. The zero-order chi connectivity index (χ0) is 7.11. The lowest BCUT2D eigenvalue weighted by atomic mass is 10.6. The van der Waals surface area contributed by atoms with Gasteiger partial charge in [0.15, 0.2) is 0 Å². The van der Waals surface area contributed by atoms with Crippen molar-refractivity contribution in [3.05, 3.63) is 0 Å². The highest BCUT2D eigenvalue weighted by Gasteiger charge is 1.82. The third kappa shape index (κ3) is 11.0. The summed E-state index contributed by atoms with van der Waals surface area (Å²) in [6.07, 6.45) is 1.74. The second-order valence-corrected chi connectivity index (χ2v) is 1.90. The van der Waals surface area contributed by atoms with E-state index in [-0.39, 0.29) is 5.78 Å². The molecule has 0 spiro atoms. The number of rotatable bonds is 0. The molecule has 0 amide bonds. The molecule has 0 saturated heterocycles. The summed E-state index contributed by atoms with van der Waals surface area (Å²) >= 11 is 0. The molecule has 0 radical (unpaired) electrons. The van der Waals surface area contributed by atoms with E-state index >= 15 is 0 Å². The van der Waals surface area contributed by atoms with Crippen LogP contribution < -0.4 is 5.32 Å². The maximum Gasteiger partial charge on any atom is 0.126 e. The van der Waals surface area contributed by atoms with E-state index in [0.29, 0.717) is 0 Å². The SMILES string of the molecule is C1=NCCN1.CC(C)=O. The van der Waals surface area contributed by atoms with Crippen LogP contribution in [0.1, 0.15) is 13.8 Å². The van der Waals surface area contributed by atoms with Crippen molar-refractivity contribution < 1.29 is 4.79 Å². The topological polar surface area (TPSA) is 41.5 Å². The minimum Gasteiger partial charge on any atom is -0.375 e. The summed E-state index contributed by atoms with van der Waals surface area (Å²) < 4.78 is 0. The molecule has 0 atom stereocenters. The van der Waals surface area contributed by atoms with Gasteiger partial charge in [-0.15, -0.1) is 0 Å². The molecule has 1 aliphatic heterocycles. The molecule has 0 aromatic rings. The largest absolute Gasteiger partial charge is 0.375 e. The third-order valence-electron chi connectivity index (χ3n) is 0.568. The molecule has 1 N–H and O–H groups in total. The second kappa shape index (κ2) is 5.28. The maximum absolute atomic E-state index is 9.44. The molecular weight excluding hydrogens is 116 g/mol. The highest BCUT2D eigenvalue weighted by atomic mass is 16.1. The number of Topliss-reactive ketones (excluding diaryl/α,β-unsaturated/α-hetero) is 1. The van der Waals surface area contributed by atoms with Crippen molar-refractivity contribution in [1.82, 2.24) is 5.32 Å². The Balaban J connectivity index is 0.000000148. The monoisotopic (exact) mass is 128 g/mol. The van der Waals surface area contributed by atoms with E-state index in [0.717, 1.165) is 13.1 Å². The third-order valence-corrected chi connectivity index (χ3v) is 0.568. The van der Waals surface area contributed by atoms with Crippen LogP contribution >= 0.6 is 0 Å². The molecule has 3 nitrogen and oxygen atoms in total. The number of hydrogen-bond acceptors (Lipinski definition) is 3. The van der Waals surface area contributed by atoms with Gasteiger partial charge in [0.25, 0.3) is 0 Å². The molecule has 1 aliphatic rings. The van der Waals surface area contributed by atoms with E-state index in [1.807, 2.05) is 0 Å². The van der Waals surface area contributed by atoms with Gasteiger partial charge in [-0.1, -0.05) is 0 Å². The van der Waals surface area contributed by atoms with Gasteiger partial charge in [-0.2, -0.15) is 0 Å². The Kier molecular flexibility index (Phi) is 4.78. The zero-order valence-corrected chi connectivity index (χ0v) is 5.85. The smallest absolute Gasteiger partial charge is 0.126 e. The van der Waals surface area contributed by atoms with Crippen molar-refractivity contribution in [3.8, 4) is 0 Å². The van der Waals surface area contributed by atoms with E-state index in [1.165, 1.54) is 13.8 Å². The molecule has 0 bridgehead atoms. The number of carbonyl (C=O) groups is 1. The first-order chi connectivity index (χ1) is 4.23. The molecule has 0 aromatic heterocycles. The Hall–Kier alpha value is -0.860. The van der Waals surface area contributed by atoms with Gasteiger partial charge in [-0.3, -0.25) is 4.99 Å². The normalized spacial score (nSPS) is 13.6. The van der Waals surface area contributed by atoms with Gasteiger partial charge in [0, 0.05) is 6.54 Å². The Bertz CT molecular complexity index is 99.6. The van der Waals surface area contributed by atoms with Crippen molar-refractivity contribution in [1.29, 1.82) is 0 Å². The standard InChI is InChI=1S/C3H6N2.C3H6O/c1-2-5-3-4-1;1-3(2)4/h3H,1-2H2,(H,4,5);1-2H3. The van der Waals surface area contributed by atoms with Crippen LogP contribution in [0.2, 0.25) is 0 Å². The molecule has 0 aliphatic carbocycles. The molecule has 52 valence electrons. The quantitative estimate of drug-likeness (QED) is 0.506. The summed E-state index contributed by atoms with van der Waals surface area (Å²) in [6.45, 7) is 5.04. The van der Waals surface area contributed by atoms with Crippen molar-refractivity contribution in [2.24, 2.45) is 4.99 Å². The molecule has 9 heavy (non-hydrogen) atoms. The van der Waals surface area contributed by atoms with Crippen molar-refractivity contribution in [2.75, 3.05) is 13.1 Å². The molecule has 1 heterocycles. The summed E-state index contributed by atoms with van der Waals surface area (Å²) in [5.41, 5.74) is 0. The lowest BCUT2D eigenvalue weighted by Crippen LogP contribution is -2.04. The van der Waals surface area contributed by atoms with E-state index in [2.05, 4.69) is 10.3 Å². The average molecular weight is 128 g/mol. The van der Waals surface area contributed by atoms with Gasteiger partial charge in [0.05, 0.1) is 12.9 Å². The fourth-order valence-electron chi connectivity index (χ4n) is 0.323. The van der Waals surface area contributed by atoms with Gasteiger partial charge in [0.2, 0.25) is 0 Å². The highest BCUT2D eigenvalue weighted by molar-refractivity contribution is 5.72. The summed E-state index contributed by atoms with van der Waals surface area (Å²) in [5.74, 6) is 0.167. The molecule has 0 fully saturated rings. The predicted octanol–water partition coefficient (Wildman–Crippen LogP) is 0.213. The number of ketones is 1. The number of aliphatic imine (C=N–C) groups is 1. The summed E-state index contributed by atoms with van der Waals surface area (Å²) in [5, 5.41) is 2.93. The van der Waals surface area contributed by atoms with Gasteiger partial charge in [-0.05, 0) is 13.8 Å². The van der Waals surface area contributed by atoms with Crippen LogP contribution in [-0.4, -0.2) is 25.2 Å². The van der Waals surface area contributed by atoms with Crippen molar-refractivity contribution >= 4 is 12.1 Å². The van der Waals surface area contributed by atoms with E-state index in [1.54, 1.807) is 6.34 Å². The number of hydrogen-bond donors (Lipinski definition) is 1. The molecule has 3 heteroatoms. The average Bonchev–Trinajstić information content (AvgIpc) is 2.11. The first kappa shape index (κ1) is 8.14. The number of carbonyl (C=O) groups excluding carboxylic acids is 1. The lowest BCUT2D eigenvalue weighted by Gasteiger charge is -1.75. The summed E-state index contributed by atoms with van der Waals surface area (Å²) in [6, 6.07) is 0. The van der Waals surface area contributed by atoms with Gasteiger partial charge >= 0.3 is 0 Å². The Morgan fingerprint density at radius 2 is 2.22 bits per heavy atom. The predicted molar refractivity (Wildman–Crippen MR) is 37.7 cm³/mol. The summed E-state index contributed by atoms with van der Waals surface area (Å²) in [4.78, 5) is 13.3. The van der Waals surface area contributed by atoms with Crippen LogP contribution in [0, 0.1) is 0 Å². The second-order valence-electron chi connectivity index (χ2n) is 1.90. The van der Waals surface area contributed by atoms with Crippen molar-refractivity contribution in [2.45, 2.75) is 13.8 Å². The van der Waals surface area contributed by atoms with Crippen LogP contribution in [0.15, 0.2) is 4.99 Å². The van der Waals surface area contributed by atoms with Crippen molar-refractivity contribution in [3.63, 3.8) is 0 Å². The van der Waals surface area contributed by atoms with E-state index < -0.39 is 0 Å². The molecule has 0 saturated carbocycles. The maximum atomic E-state index is 9.44. The molecule has 0 unspecified atom stereocenters. The highest BCUT2D eigenvalue weighted by Crippen LogP contribution is 1.68.